The van der Waals surface area contributed by atoms with Gasteiger partial charge >= 0.3 is 0 Å². The molecule has 1 N–H and O–H groups in total. The first-order valence-corrected chi connectivity index (χ1v) is 7.92. The van der Waals surface area contributed by atoms with Gasteiger partial charge in [0.2, 0.25) is 0 Å². The van der Waals surface area contributed by atoms with Gasteiger partial charge in [0.1, 0.15) is 0 Å². The van der Waals surface area contributed by atoms with E-state index in [1.165, 1.54) is 32.2 Å². The summed E-state index contributed by atoms with van der Waals surface area (Å²) in [5.74, 6) is 1.20. The van der Waals surface area contributed by atoms with Gasteiger partial charge in [-0.2, -0.15) is 0 Å². The lowest BCUT2D eigenvalue weighted by molar-refractivity contribution is -0.0615. The second-order valence-electron chi connectivity index (χ2n) is 6.36. The van der Waals surface area contributed by atoms with Crippen molar-refractivity contribution < 1.29 is 14.6 Å². The molecule has 1 saturated carbocycles. The average Bonchev–Trinajstić information content (AvgIpc) is 2.87. The number of hydrogen-bond acceptors (Lipinski definition) is 4. The van der Waals surface area contributed by atoms with Crippen LogP contribution in [0.4, 0.5) is 0 Å². The molecular weight excluding hydrogens is 242 g/mol. The summed E-state index contributed by atoms with van der Waals surface area (Å²) in [6.07, 6.45) is 5.59. The Kier molecular flexibility index (Phi) is 4.74. The molecule has 2 heterocycles. The van der Waals surface area contributed by atoms with Crippen LogP contribution in [0.1, 0.15) is 32.1 Å². The van der Waals surface area contributed by atoms with Gasteiger partial charge in [0, 0.05) is 38.3 Å². The van der Waals surface area contributed by atoms with Crippen molar-refractivity contribution in [3.63, 3.8) is 0 Å². The average molecular weight is 269 g/mol. The van der Waals surface area contributed by atoms with Crippen LogP contribution >= 0.6 is 0 Å². The van der Waals surface area contributed by atoms with Gasteiger partial charge in [-0.1, -0.05) is 6.42 Å². The van der Waals surface area contributed by atoms with E-state index in [0.29, 0.717) is 12.0 Å². The van der Waals surface area contributed by atoms with Gasteiger partial charge in [0.05, 0.1) is 19.3 Å². The molecule has 0 bridgehead atoms. The zero-order valence-corrected chi connectivity index (χ0v) is 11.8. The monoisotopic (exact) mass is 269 g/mol. The zero-order valence-electron chi connectivity index (χ0n) is 11.8. The Bertz CT molecular complexity index is 281. The number of aliphatic hydroxyl groups excluding tert-OH is 1. The molecule has 110 valence electrons. The highest BCUT2D eigenvalue weighted by Crippen LogP contribution is 2.33. The summed E-state index contributed by atoms with van der Waals surface area (Å²) in [5.41, 5.74) is 0. The van der Waals surface area contributed by atoms with E-state index in [-0.39, 0.29) is 6.10 Å². The van der Waals surface area contributed by atoms with E-state index in [4.69, 9.17) is 9.47 Å². The first kappa shape index (κ1) is 13.8. The highest BCUT2D eigenvalue weighted by molar-refractivity contribution is 4.90. The molecule has 1 aliphatic carbocycles. The van der Waals surface area contributed by atoms with Gasteiger partial charge in [0.15, 0.2) is 0 Å². The topological polar surface area (TPSA) is 41.9 Å². The number of nitrogens with zero attached hydrogens (tertiary/aromatic N) is 1. The predicted octanol–water partition coefficient (Wildman–Crippen LogP) is 1.27. The van der Waals surface area contributed by atoms with Crippen molar-refractivity contribution in [2.24, 2.45) is 11.8 Å². The summed E-state index contributed by atoms with van der Waals surface area (Å²) in [6.45, 7) is 5.71. The lowest BCUT2D eigenvalue weighted by Crippen LogP contribution is -2.52. The molecule has 0 amide bonds. The normalized spacial score (nSPS) is 38.7. The summed E-state index contributed by atoms with van der Waals surface area (Å²) in [5, 5.41) is 10.2. The number of rotatable bonds is 3. The molecule has 0 aromatic heterocycles. The molecule has 3 aliphatic rings. The van der Waals surface area contributed by atoms with E-state index in [9.17, 15) is 5.11 Å². The summed E-state index contributed by atoms with van der Waals surface area (Å²) in [4.78, 5) is 2.60. The highest BCUT2D eigenvalue weighted by Gasteiger charge is 2.38. The van der Waals surface area contributed by atoms with Crippen LogP contribution in [0.25, 0.3) is 0 Å². The quantitative estimate of drug-likeness (QED) is 0.838. The molecule has 0 radical (unpaired) electrons. The van der Waals surface area contributed by atoms with Crippen LogP contribution < -0.4 is 0 Å². The standard InChI is InChI=1S/C15H27NO3/c17-15-3-1-2-13(15)14-11-19-9-6-16(14)10-12-4-7-18-8-5-12/h12-15,17H,1-11H2. The third-order valence-corrected chi connectivity index (χ3v) is 5.14. The number of aliphatic hydroxyl groups is 1. The second kappa shape index (κ2) is 6.53. The fourth-order valence-electron chi connectivity index (χ4n) is 3.96. The number of morpholine rings is 1. The lowest BCUT2D eigenvalue weighted by Gasteiger charge is -2.42. The fraction of sp³-hybridized carbons (Fsp3) is 1.00. The third-order valence-electron chi connectivity index (χ3n) is 5.14. The molecule has 19 heavy (non-hydrogen) atoms. The predicted molar refractivity (Wildman–Crippen MR) is 73.1 cm³/mol. The van der Waals surface area contributed by atoms with E-state index >= 15 is 0 Å². The minimum Gasteiger partial charge on any atom is -0.393 e. The van der Waals surface area contributed by atoms with Crippen molar-refractivity contribution >= 4 is 0 Å². The Balaban J connectivity index is 1.59. The summed E-state index contributed by atoms with van der Waals surface area (Å²) in [6, 6.07) is 0.439. The molecule has 2 aliphatic heterocycles. The van der Waals surface area contributed by atoms with Gasteiger partial charge in [-0.05, 0) is 31.6 Å². The molecule has 3 rings (SSSR count). The number of hydrogen-bond donors (Lipinski definition) is 1. The Labute approximate surface area is 116 Å². The Morgan fingerprint density at radius 1 is 1.00 bits per heavy atom. The molecule has 3 unspecified atom stereocenters. The van der Waals surface area contributed by atoms with Crippen molar-refractivity contribution in [2.75, 3.05) is 39.5 Å². The Morgan fingerprint density at radius 2 is 1.84 bits per heavy atom. The van der Waals surface area contributed by atoms with Gasteiger partial charge in [-0.15, -0.1) is 0 Å². The van der Waals surface area contributed by atoms with Crippen LogP contribution in [0.3, 0.4) is 0 Å². The van der Waals surface area contributed by atoms with Gasteiger partial charge in [-0.3, -0.25) is 4.90 Å². The van der Waals surface area contributed by atoms with Crippen LogP contribution in [0.15, 0.2) is 0 Å². The van der Waals surface area contributed by atoms with E-state index in [1.807, 2.05) is 0 Å². The Hall–Kier alpha value is -0.160. The molecule has 3 atom stereocenters. The summed E-state index contributed by atoms with van der Waals surface area (Å²) in [7, 11) is 0. The SMILES string of the molecule is OC1CCCC1C1COCCN1CC1CCOCC1. The van der Waals surface area contributed by atoms with E-state index in [2.05, 4.69) is 4.90 Å². The third kappa shape index (κ3) is 3.30. The molecular formula is C15H27NO3. The second-order valence-corrected chi connectivity index (χ2v) is 6.36. The van der Waals surface area contributed by atoms with E-state index in [1.54, 1.807) is 0 Å². The molecule has 2 saturated heterocycles. The van der Waals surface area contributed by atoms with Crippen molar-refractivity contribution in [3.8, 4) is 0 Å². The maximum atomic E-state index is 10.2. The van der Waals surface area contributed by atoms with Crippen molar-refractivity contribution in [1.29, 1.82) is 0 Å². The smallest absolute Gasteiger partial charge is 0.0626 e. The van der Waals surface area contributed by atoms with Gasteiger partial charge in [-0.25, -0.2) is 0 Å². The number of ether oxygens (including phenoxy) is 2. The van der Waals surface area contributed by atoms with Crippen LogP contribution in [-0.2, 0) is 9.47 Å². The van der Waals surface area contributed by atoms with Crippen LogP contribution in [0.2, 0.25) is 0 Å². The van der Waals surface area contributed by atoms with Crippen LogP contribution in [0, 0.1) is 11.8 Å². The molecule has 0 aromatic rings. The van der Waals surface area contributed by atoms with Crippen LogP contribution in [-0.4, -0.2) is 61.7 Å². The summed E-state index contributed by atoms with van der Waals surface area (Å²) >= 11 is 0. The molecule has 3 fully saturated rings. The largest absolute Gasteiger partial charge is 0.393 e. The lowest BCUT2D eigenvalue weighted by atomic mass is 9.92. The molecule has 4 heteroatoms. The molecule has 0 aromatic carbocycles. The first-order chi connectivity index (χ1) is 9.34. The first-order valence-electron chi connectivity index (χ1n) is 7.92. The minimum atomic E-state index is -0.108. The fourth-order valence-corrected chi connectivity index (χ4v) is 3.96. The van der Waals surface area contributed by atoms with Crippen molar-refractivity contribution in [1.82, 2.24) is 4.90 Å². The minimum absolute atomic E-state index is 0.108. The Morgan fingerprint density at radius 3 is 2.58 bits per heavy atom. The van der Waals surface area contributed by atoms with Gasteiger partial charge in [0.25, 0.3) is 0 Å². The van der Waals surface area contributed by atoms with Crippen molar-refractivity contribution in [3.05, 3.63) is 0 Å². The van der Waals surface area contributed by atoms with E-state index < -0.39 is 0 Å². The van der Waals surface area contributed by atoms with Crippen molar-refractivity contribution in [2.45, 2.75) is 44.2 Å². The summed E-state index contributed by atoms with van der Waals surface area (Å²) < 4.78 is 11.1. The maximum absolute atomic E-state index is 10.2. The molecule has 4 nitrogen and oxygen atoms in total. The maximum Gasteiger partial charge on any atom is 0.0626 e. The van der Waals surface area contributed by atoms with Crippen LogP contribution in [0.5, 0.6) is 0 Å². The zero-order chi connectivity index (χ0) is 13.1. The van der Waals surface area contributed by atoms with Gasteiger partial charge < -0.3 is 14.6 Å². The highest BCUT2D eigenvalue weighted by atomic mass is 16.5. The van der Waals surface area contributed by atoms with E-state index in [0.717, 1.165) is 45.3 Å². The molecule has 0 spiro atoms.